The number of carbonyl (C=O) groups is 1. The molecule has 0 radical (unpaired) electrons. The van der Waals surface area contributed by atoms with Gasteiger partial charge in [0, 0.05) is 25.3 Å². The fraction of sp³-hybridized carbons (Fsp3) is 0.158. The van der Waals surface area contributed by atoms with Crippen molar-refractivity contribution in [2.75, 3.05) is 14.2 Å². The average Bonchev–Trinajstić information content (AvgIpc) is 3.02. The second kappa shape index (κ2) is 8.05. The zero-order valence-corrected chi connectivity index (χ0v) is 16.2. The molecule has 0 N–H and O–H groups in total. The Labute approximate surface area is 164 Å². The van der Waals surface area contributed by atoms with Crippen LogP contribution in [0.15, 0.2) is 47.5 Å². The fourth-order valence-electron chi connectivity index (χ4n) is 2.67. The summed E-state index contributed by atoms with van der Waals surface area (Å²) < 4.78 is 13.4. The van der Waals surface area contributed by atoms with Crippen LogP contribution >= 0.6 is 11.3 Å². The Hall–Kier alpha value is -3.46. The lowest BCUT2D eigenvalue weighted by Crippen LogP contribution is -2.12. The number of hydrogen-bond acceptors (Lipinski definition) is 6. The Bertz CT molecular complexity index is 1160. The van der Waals surface area contributed by atoms with Crippen molar-refractivity contribution < 1.29 is 19.2 Å². The number of hydrogen-bond donors (Lipinski definition) is 0. The predicted octanol–water partition coefficient (Wildman–Crippen LogP) is 3.31. The van der Waals surface area contributed by atoms with Crippen molar-refractivity contribution in [1.82, 2.24) is 4.57 Å². The molecule has 0 spiro atoms. The molecule has 2 aromatic carbocycles. The molecular formula is C19H17N3O5S. The van der Waals surface area contributed by atoms with Gasteiger partial charge in [-0.3, -0.25) is 14.9 Å². The molecule has 3 aromatic rings. The number of aryl methyl sites for hydroxylation is 1. The standard InChI is InChI=1S/C19H17N3O5S/c1-21-17-14(26-2)8-9-15(27-3)18(17)28-19(21)20-16(23)10-7-12-5-4-6-13(11-12)22(24)25/h4-11H,1-3H3. The van der Waals surface area contributed by atoms with Gasteiger partial charge >= 0.3 is 0 Å². The highest BCUT2D eigenvalue weighted by Crippen LogP contribution is 2.34. The maximum absolute atomic E-state index is 12.3. The smallest absolute Gasteiger partial charge is 0.272 e. The number of amides is 1. The van der Waals surface area contributed by atoms with Crippen LogP contribution in [-0.4, -0.2) is 29.6 Å². The van der Waals surface area contributed by atoms with Gasteiger partial charge in [0.25, 0.3) is 11.6 Å². The number of methoxy groups -OCH3 is 2. The van der Waals surface area contributed by atoms with E-state index in [1.807, 2.05) is 0 Å². The molecule has 1 heterocycles. The second-order valence-corrected chi connectivity index (χ2v) is 6.70. The molecule has 1 amide bonds. The van der Waals surface area contributed by atoms with E-state index >= 15 is 0 Å². The first-order chi connectivity index (χ1) is 13.4. The number of ether oxygens (including phenoxy) is 2. The Balaban J connectivity index is 1.98. The van der Waals surface area contributed by atoms with Gasteiger partial charge in [-0.05, 0) is 23.8 Å². The van der Waals surface area contributed by atoms with Crippen LogP contribution in [0.2, 0.25) is 0 Å². The molecule has 0 saturated heterocycles. The van der Waals surface area contributed by atoms with E-state index in [4.69, 9.17) is 9.47 Å². The Morgan fingerprint density at radius 1 is 1.21 bits per heavy atom. The molecule has 0 fully saturated rings. The van der Waals surface area contributed by atoms with E-state index in [1.165, 1.54) is 35.6 Å². The first kappa shape index (κ1) is 19.3. The lowest BCUT2D eigenvalue weighted by Gasteiger charge is -2.06. The van der Waals surface area contributed by atoms with Crippen LogP contribution in [0.25, 0.3) is 16.3 Å². The van der Waals surface area contributed by atoms with E-state index in [-0.39, 0.29) is 5.69 Å². The van der Waals surface area contributed by atoms with Gasteiger partial charge in [0.1, 0.15) is 21.7 Å². The summed E-state index contributed by atoms with van der Waals surface area (Å²) in [6.45, 7) is 0. The first-order valence-corrected chi connectivity index (χ1v) is 8.98. The van der Waals surface area contributed by atoms with Crippen LogP contribution in [0, 0.1) is 10.1 Å². The molecular weight excluding hydrogens is 382 g/mol. The summed E-state index contributed by atoms with van der Waals surface area (Å²) in [6.07, 6.45) is 2.77. The highest BCUT2D eigenvalue weighted by atomic mass is 32.1. The van der Waals surface area contributed by atoms with Crippen molar-refractivity contribution in [3.63, 3.8) is 0 Å². The number of carbonyl (C=O) groups excluding carboxylic acids is 1. The van der Waals surface area contributed by atoms with Crippen LogP contribution in [0.4, 0.5) is 5.69 Å². The Morgan fingerprint density at radius 3 is 2.61 bits per heavy atom. The van der Waals surface area contributed by atoms with Crippen molar-refractivity contribution in [2.24, 2.45) is 12.0 Å². The molecule has 28 heavy (non-hydrogen) atoms. The molecule has 0 atom stereocenters. The SMILES string of the molecule is COc1ccc(OC)c2c1sc(=NC(=O)C=Cc1cccc([N+](=O)[O-])c1)n2C. The summed E-state index contributed by atoms with van der Waals surface area (Å²) in [5.41, 5.74) is 1.28. The number of nitro benzene ring substituents is 1. The summed E-state index contributed by atoms with van der Waals surface area (Å²) in [6, 6.07) is 9.60. The van der Waals surface area contributed by atoms with Crippen molar-refractivity contribution in [3.8, 4) is 11.5 Å². The number of nitrogens with zero attached hydrogens (tertiary/aromatic N) is 3. The monoisotopic (exact) mass is 399 g/mol. The summed E-state index contributed by atoms with van der Waals surface area (Å²) in [7, 11) is 4.94. The quantitative estimate of drug-likeness (QED) is 0.373. The fourth-order valence-corrected chi connectivity index (χ4v) is 3.80. The van der Waals surface area contributed by atoms with Crippen LogP contribution in [0.1, 0.15) is 5.56 Å². The molecule has 3 rings (SSSR count). The van der Waals surface area contributed by atoms with Crippen molar-refractivity contribution in [1.29, 1.82) is 0 Å². The number of fused-ring (bicyclic) bond motifs is 1. The molecule has 1 aromatic heterocycles. The van der Waals surface area contributed by atoms with E-state index in [0.29, 0.717) is 21.9 Å². The molecule has 0 saturated carbocycles. The molecule has 0 aliphatic rings. The maximum atomic E-state index is 12.3. The summed E-state index contributed by atoms with van der Waals surface area (Å²) >= 11 is 1.31. The van der Waals surface area contributed by atoms with Crippen molar-refractivity contribution in [2.45, 2.75) is 0 Å². The van der Waals surface area contributed by atoms with Gasteiger partial charge in [0.05, 0.1) is 19.1 Å². The first-order valence-electron chi connectivity index (χ1n) is 8.16. The predicted molar refractivity (Wildman–Crippen MR) is 107 cm³/mol. The molecule has 0 unspecified atom stereocenters. The largest absolute Gasteiger partial charge is 0.495 e. The summed E-state index contributed by atoms with van der Waals surface area (Å²) in [5.74, 6) is 0.833. The van der Waals surface area contributed by atoms with Gasteiger partial charge in [0.15, 0.2) is 4.80 Å². The molecule has 8 nitrogen and oxygen atoms in total. The van der Waals surface area contributed by atoms with Crippen molar-refractivity contribution in [3.05, 3.63) is 63.0 Å². The normalized spacial score (nSPS) is 11.9. The minimum absolute atomic E-state index is 0.0402. The lowest BCUT2D eigenvalue weighted by atomic mass is 10.2. The molecule has 0 bridgehead atoms. The third kappa shape index (κ3) is 3.79. The van der Waals surface area contributed by atoms with Gasteiger partial charge in [-0.25, -0.2) is 0 Å². The van der Waals surface area contributed by atoms with E-state index in [9.17, 15) is 14.9 Å². The summed E-state index contributed by atoms with van der Waals surface area (Å²) in [5, 5.41) is 10.8. The zero-order chi connectivity index (χ0) is 20.3. The third-order valence-corrected chi connectivity index (χ3v) is 5.17. The van der Waals surface area contributed by atoms with Crippen LogP contribution < -0.4 is 14.3 Å². The van der Waals surface area contributed by atoms with Gasteiger partial charge in [-0.1, -0.05) is 23.5 Å². The van der Waals surface area contributed by atoms with E-state index in [0.717, 1.165) is 10.2 Å². The highest BCUT2D eigenvalue weighted by molar-refractivity contribution is 7.16. The van der Waals surface area contributed by atoms with E-state index in [1.54, 1.807) is 50.1 Å². The Kier molecular flexibility index (Phi) is 5.55. The molecule has 0 aliphatic heterocycles. The number of aromatic nitrogens is 1. The maximum Gasteiger partial charge on any atom is 0.272 e. The minimum atomic E-state index is -0.485. The lowest BCUT2D eigenvalue weighted by molar-refractivity contribution is -0.384. The topological polar surface area (TPSA) is 96.0 Å². The summed E-state index contributed by atoms with van der Waals surface area (Å²) in [4.78, 5) is 27.2. The minimum Gasteiger partial charge on any atom is -0.495 e. The Morgan fingerprint density at radius 2 is 1.93 bits per heavy atom. The second-order valence-electron chi connectivity index (χ2n) is 5.73. The third-order valence-electron chi connectivity index (χ3n) is 4.02. The number of nitro groups is 1. The van der Waals surface area contributed by atoms with Crippen LogP contribution in [-0.2, 0) is 11.8 Å². The highest BCUT2D eigenvalue weighted by Gasteiger charge is 2.14. The van der Waals surface area contributed by atoms with Gasteiger partial charge in [0.2, 0.25) is 0 Å². The van der Waals surface area contributed by atoms with Gasteiger partial charge < -0.3 is 14.0 Å². The molecule has 9 heteroatoms. The van der Waals surface area contributed by atoms with Crippen LogP contribution in [0.5, 0.6) is 11.5 Å². The van der Waals surface area contributed by atoms with Crippen molar-refractivity contribution >= 4 is 39.2 Å². The van der Waals surface area contributed by atoms with E-state index in [2.05, 4.69) is 4.99 Å². The molecule has 144 valence electrons. The molecule has 0 aliphatic carbocycles. The number of thiazole rings is 1. The van der Waals surface area contributed by atoms with Crippen LogP contribution in [0.3, 0.4) is 0 Å². The number of benzene rings is 2. The number of non-ortho nitro benzene ring substituents is 1. The average molecular weight is 399 g/mol. The van der Waals surface area contributed by atoms with Gasteiger partial charge in [-0.15, -0.1) is 0 Å². The number of rotatable bonds is 5. The van der Waals surface area contributed by atoms with E-state index < -0.39 is 10.8 Å². The van der Waals surface area contributed by atoms with Gasteiger partial charge in [-0.2, -0.15) is 4.99 Å². The zero-order valence-electron chi connectivity index (χ0n) is 15.4.